The maximum absolute atomic E-state index is 12.5. The Morgan fingerprint density at radius 2 is 2.04 bits per heavy atom. The van der Waals surface area contributed by atoms with Gasteiger partial charge in [-0.15, -0.1) is 0 Å². The summed E-state index contributed by atoms with van der Waals surface area (Å²) in [4.78, 5) is 26.3. The lowest BCUT2D eigenvalue weighted by atomic mass is 10.1. The van der Waals surface area contributed by atoms with Crippen molar-refractivity contribution in [2.24, 2.45) is 5.92 Å². The van der Waals surface area contributed by atoms with E-state index in [1.165, 1.54) is 4.57 Å². The predicted octanol–water partition coefficient (Wildman–Crippen LogP) is 2.60. The Morgan fingerprint density at radius 3 is 2.67 bits per heavy atom. The van der Waals surface area contributed by atoms with Gasteiger partial charge in [0.1, 0.15) is 5.75 Å². The summed E-state index contributed by atoms with van der Waals surface area (Å²) in [5.74, 6) is 1.88. The average molecular weight is 392 g/mol. The maximum Gasteiger partial charge on any atom is 0.421 e. The first kappa shape index (κ1) is 19.6. The number of esters is 1. The molecule has 2 aromatic rings. The number of likely N-dealkylation sites (N-methyl/N-ethyl adjacent to an activating group) is 1. The van der Waals surface area contributed by atoms with Crippen molar-refractivity contribution in [1.29, 1.82) is 0 Å². The van der Waals surface area contributed by atoms with Crippen LogP contribution in [0.25, 0.3) is 10.9 Å². The first-order valence-electron chi connectivity index (χ1n) is 8.74. The second-order valence-corrected chi connectivity index (χ2v) is 7.76. The van der Waals surface area contributed by atoms with Gasteiger partial charge in [-0.2, -0.15) is 11.8 Å². The molecule has 0 amide bonds. The number of thioether (sulfide) groups is 1. The van der Waals surface area contributed by atoms with Gasteiger partial charge >= 0.3 is 12.1 Å². The average Bonchev–Trinajstić information content (AvgIpc) is 2.96. The second-order valence-electron chi connectivity index (χ2n) is 6.69. The van der Waals surface area contributed by atoms with Gasteiger partial charge in [0.25, 0.3) is 0 Å². The van der Waals surface area contributed by atoms with Gasteiger partial charge in [0.2, 0.25) is 6.79 Å². The molecule has 1 aliphatic heterocycles. The van der Waals surface area contributed by atoms with Crippen molar-refractivity contribution in [2.75, 3.05) is 46.0 Å². The van der Waals surface area contributed by atoms with Gasteiger partial charge in [-0.3, -0.25) is 9.36 Å². The van der Waals surface area contributed by atoms with Crippen molar-refractivity contribution in [3.63, 3.8) is 0 Å². The summed E-state index contributed by atoms with van der Waals surface area (Å²) in [6.07, 6.45) is 1.99. The fraction of sp³-hybridized carbons (Fsp3) is 0.474. The van der Waals surface area contributed by atoms with Crippen LogP contribution in [0.1, 0.15) is 5.56 Å². The highest BCUT2D eigenvalue weighted by Crippen LogP contribution is 2.27. The fourth-order valence-electron chi connectivity index (χ4n) is 2.80. The van der Waals surface area contributed by atoms with Crippen LogP contribution in [0.3, 0.4) is 0 Å². The zero-order valence-corrected chi connectivity index (χ0v) is 16.6. The lowest BCUT2D eigenvalue weighted by Gasteiger charge is -2.22. The van der Waals surface area contributed by atoms with Crippen LogP contribution in [0.4, 0.5) is 4.79 Å². The molecule has 146 valence electrons. The van der Waals surface area contributed by atoms with E-state index in [-0.39, 0.29) is 18.7 Å². The molecule has 0 unspecified atom stereocenters. The molecule has 7 nitrogen and oxygen atoms in total. The second kappa shape index (κ2) is 8.67. The Bertz CT molecular complexity index is 829. The van der Waals surface area contributed by atoms with Crippen LogP contribution >= 0.6 is 11.8 Å². The lowest BCUT2D eigenvalue weighted by molar-refractivity contribution is -0.155. The number of hydrogen-bond donors (Lipinski definition) is 0. The molecule has 1 aromatic carbocycles. The van der Waals surface area contributed by atoms with E-state index < -0.39 is 6.09 Å². The van der Waals surface area contributed by atoms with Crippen LogP contribution in [0.5, 0.6) is 5.75 Å². The van der Waals surface area contributed by atoms with Crippen LogP contribution in [-0.2, 0) is 20.7 Å². The van der Waals surface area contributed by atoms with Gasteiger partial charge < -0.3 is 19.1 Å². The maximum atomic E-state index is 12.5. The summed E-state index contributed by atoms with van der Waals surface area (Å²) in [7, 11) is 5.62. The van der Waals surface area contributed by atoms with Crippen molar-refractivity contribution in [3.8, 4) is 5.75 Å². The summed E-state index contributed by atoms with van der Waals surface area (Å²) < 4.78 is 16.9. The standard InChI is InChI=1S/C19H24N2O5S/c1-20(2)7-6-13-9-21(17-5-4-15(24-3)8-16(13)17)19(23)26-12-25-18(22)14-10-27-11-14/h4-5,8-9,14H,6-7,10-12H2,1-3H3. The number of carbonyl (C=O) groups is 2. The number of fused-ring (bicyclic) bond motifs is 1. The van der Waals surface area contributed by atoms with Gasteiger partial charge in [-0.05, 0) is 44.3 Å². The zero-order valence-electron chi connectivity index (χ0n) is 15.8. The number of hydrogen-bond acceptors (Lipinski definition) is 7. The van der Waals surface area contributed by atoms with E-state index in [4.69, 9.17) is 14.2 Å². The minimum absolute atomic E-state index is 0.0776. The molecular weight excluding hydrogens is 368 g/mol. The molecular formula is C19H24N2O5S. The summed E-state index contributed by atoms with van der Waals surface area (Å²) in [6.45, 7) is 0.476. The number of benzene rings is 1. The molecule has 1 saturated heterocycles. The number of methoxy groups -OCH3 is 1. The highest BCUT2D eigenvalue weighted by molar-refractivity contribution is 8.00. The fourth-order valence-corrected chi connectivity index (χ4v) is 3.54. The highest BCUT2D eigenvalue weighted by Gasteiger charge is 2.27. The molecule has 27 heavy (non-hydrogen) atoms. The smallest absolute Gasteiger partial charge is 0.421 e. The molecule has 0 spiro atoms. The molecule has 8 heteroatoms. The zero-order chi connectivity index (χ0) is 19.4. The van der Waals surface area contributed by atoms with Gasteiger partial charge in [-0.25, -0.2) is 4.79 Å². The lowest BCUT2D eigenvalue weighted by Crippen LogP contribution is -2.30. The van der Waals surface area contributed by atoms with Gasteiger partial charge in [-0.1, -0.05) is 0 Å². The Labute approximate surface area is 162 Å². The topological polar surface area (TPSA) is 70.0 Å². The molecule has 0 atom stereocenters. The number of ether oxygens (including phenoxy) is 3. The molecule has 0 N–H and O–H groups in total. The highest BCUT2D eigenvalue weighted by atomic mass is 32.2. The van der Waals surface area contributed by atoms with Crippen LogP contribution < -0.4 is 4.74 Å². The molecule has 3 rings (SSSR count). The Morgan fingerprint density at radius 1 is 1.26 bits per heavy atom. The van der Waals surface area contributed by atoms with E-state index in [2.05, 4.69) is 4.90 Å². The number of rotatable bonds is 7. The molecule has 0 radical (unpaired) electrons. The third kappa shape index (κ3) is 4.56. The molecule has 2 heterocycles. The van der Waals surface area contributed by atoms with Crippen LogP contribution in [-0.4, -0.2) is 67.6 Å². The van der Waals surface area contributed by atoms with Crippen molar-refractivity contribution >= 4 is 34.7 Å². The Hall–Kier alpha value is -2.19. The molecule has 0 bridgehead atoms. The minimum atomic E-state index is -0.572. The summed E-state index contributed by atoms with van der Waals surface area (Å²) >= 11 is 1.70. The van der Waals surface area contributed by atoms with E-state index in [9.17, 15) is 9.59 Å². The third-order valence-corrected chi connectivity index (χ3v) is 5.75. The van der Waals surface area contributed by atoms with Crippen molar-refractivity contribution in [1.82, 2.24) is 9.47 Å². The van der Waals surface area contributed by atoms with E-state index in [0.717, 1.165) is 46.7 Å². The van der Waals surface area contributed by atoms with E-state index in [1.807, 2.05) is 26.2 Å². The van der Waals surface area contributed by atoms with E-state index in [1.54, 1.807) is 31.1 Å². The Kier molecular flexibility index (Phi) is 6.28. The van der Waals surface area contributed by atoms with Crippen LogP contribution in [0.2, 0.25) is 0 Å². The molecule has 0 saturated carbocycles. The molecule has 1 fully saturated rings. The third-order valence-electron chi connectivity index (χ3n) is 4.47. The SMILES string of the molecule is COc1ccc2c(c1)c(CCN(C)C)cn2C(=O)OCOC(=O)C1CSC1. The van der Waals surface area contributed by atoms with Crippen molar-refractivity contribution < 1.29 is 23.8 Å². The van der Waals surface area contributed by atoms with E-state index >= 15 is 0 Å². The number of aromatic nitrogens is 1. The van der Waals surface area contributed by atoms with E-state index in [0.29, 0.717) is 0 Å². The van der Waals surface area contributed by atoms with Crippen molar-refractivity contribution in [2.45, 2.75) is 6.42 Å². The molecule has 1 aliphatic rings. The monoisotopic (exact) mass is 392 g/mol. The minimum Gasteiger partial charge on any atom is -0.497 e. The summed E-state index contributed by atoms with van der Waals surface area (Å²) in [5.41, 5.74) is 1.76. The summed E-state index contributed by atoms with van der Waals surface area (Å²) in [6, 6.07) is 5.54. The van der Waals surface area contributed by atoms with Crippen LogP contribution in [0.15, 0.2) is 24.4 Å². The number of carbonyl (C=O) groups excluding carboxylic acids is 2. The largest absolute Gasteiger partial charge is 0.497 e. The quantitative estimate of drug-likeness (QED) is 0.530. The van der Waals surface area contributed by atoms with Gasteiger partial charge in [0.15, 0.2) is 0 Å². The normalized spacial score (nSPS) is 14.2. The first-order chi connectivity index (χ1) is 13.0. The predicted molar refractivity (Wildman–Crippen MR) is 104 cm³/mol. The molecule has 0 aliphatic carbocycles. The first-order valence-corrected chi connectivity index (χ1v) is 9.89. The molecule has 1 aromatic heterocycles. The van der Waals surface area contributed by atoms with Gasteiger partial charge in [0.05, 0.1) is 18.5 Å². The van der Waals surface area contributed by atoms with Gasteiger partial charge in [0, 0.05) is 29.6 Å². The van der Waals surface area contributed by atoms with Crippen LogP contribution in [0, 0.1) is 5.92 Å². The Balaban J connectivity index is 1.73. The summed E-state index contributed by atoms with van der Waals surface area (Å²) in [5, 5.41) is 0.941. The number of nitrogens with zero attached hydrogens (tertiary/aromatic N) is 2. The van der Waals surface area contributed by atoms with Crippen molar-refractivity contribution in [3.05, 3.63) is 30.0 Å².